The first-order chi connectivity index (χ1) is 1.00. The van der Waals surface area contributed by atoms with Crippen molar-refractivity contribution in [1.29, 1.82) is 0 Å². The summed E-state index contributed by atoms with van der Waals surface area (Å²) in [6.45, 7) is 7.00. The minimum atomic E-state index is 0. The van der Waals surface area contributed by atoms with E-state index in [-0.39, 0.29) is 61.7 Å². The Kier molecular flexibility index (Phi) is 94.6. The SMILES string of the molecule is [CH-]=C.[Ca+2].[I-]. The quantitative estimate of drug-likeness (QED) is 0.222. The van der Waals surface area contributed by atoms with Gasteiger partial charge in [-0.1, -0.05) is 0 Å². The van der Waals surface area contributed by atoms with E-state index >= 15 is 0 Å². The molecule has 0 aromatic carbocycles. The maximum atomic E-state index is 4.25. The minimum Gasteiger partial charge on any atom is -1.00 e. The average molecular weight is 194 g/mol. The van der Waals surface area contributed by atoms with E-state index in [1.54, 1.807) is 0 Å². The van der Waals surface area contributed by atoms with Gasteiger partial charge >= 0.3 is 37.7 Å². The topological polar surface area (TPSA) is 0 Å². The van der Waals surface area contributed by atoms with Gasteiger partial charge in [-0.15, -0.1) is 0 Å². The zero-order valence-corrected chi connectivity index (χ0v) is 6.74. The molecule has 0 bridgehead atoms. The van der Waals surface area contributed by atoms with Gasteiger partial charge in [0.05, 0.1) is 0 Å². The van der Waals surface area contributed by atoms with Crippen LogP contribution in [-0.4, -0.2) is 37.7 Å². The van der Waals surface area contributed by atoms with Gasteiger partial charge in [0, 0.05) is 0 Å². The van der Waals surface area contributed by atoms with E-state index in [0.29, 0.717) is 0 Å². The standard InChI is InChI=1S/C2H3.Ca.HI/c1-2;;/h1H,2H2;;1H/q-1;+2;/p-1. The van der Waals surface area contributed by atoms with Crippen molar-refractivity contribution in [3.8, 4) is 0 Å². The van der Waals surface area contributed by atoms with Crippen LogP contribution in [0.2, 0.25) is 0 Å². The summed E-state index contributed by atoms with van der Waals surface area (Å²) in [5.74, 6) is 0. The Bertz CT molecular complexity index is 6.00. The molecule has 0 spiro atoms. The van der Waals surface area contributed by atoms with Gasteiger partial charge in [-0.05, 0) is 0 Å². The normalized spacial score (nSPS) is 1.00. The molecule has 0 atom stereocenters. The Morgan fingerprint density at radius 3 is 1.25 bits per heavy atom. The summed E-state index contributed by atoms with van der Waals surface area (Å²) < 4.78 is 0. The molecule has 0 saturated carbocycles. The fourth-order valence-electron chi connectivity index (χ4n) is 0. The minimum absolute atomic E-state index is 0. The van der Waals surface area contributed by atoms with Crippen LogP contribution < -0.4 is 24.0 Å². The summed E-state index contributed by atoms with van der Waals surface area (Å²) in [5.41, 5.74) is 0. The van der Waals surface area contributed by atoms with Crippen LogP contribution >= 0.6 is 0 Å². The van der Waals surface area contributed by atoms with E-state index in [4.69, 9.17) is 0 Å². The van der Waals surface area contributed by atoms with Gasteiger partial charge in [0.15, 0.2) is 0 Å². The molecule has 0 heterocycles. The summed E-state index contributed by atoms with van der Waals surface area (Å²) in [6, 6.07) is 0. The van der Waals surface area contributed by atoms with Gasteiger partial charge in [0.25, 0.3) is 0 Å². The predicted molar refractivity (Wildman–Crippen MR) is 15.7 cm³/mol. The molecule has 0 aliphatic rings. The molecule has 0 rings (SSSR count). The Balaban J connectivity index is -0.00000000500. The fraction of sp³-hybridized carbons (Fsp3) is 0. The van der Waals surface area contributed by atoms with Crippen molar-refractivity contribution in [3.05, 3.63) is 13.2 Å². The summed E-state index contributed by atoms with van der Waals surface area (Å²) in [6.07, 6.45) is 0. The molecule has 0 aliphatic heterocycles. The molecular formula is C2H3CaI. The first-order valence-electron chi connectivity index (χ1n) is 0.408. The summed E-state index contributed by atoms with van der Waals surface area (Å²) in [7, 11) is 0. The second-order valence-corrected chi connectivity index (χ2v) is 0. The second-order valence-electron chi connectivity index (χ2n) is 0. The van der Waals surface area contributed by atoms with E-state index < -0.39 is 0 Å². The molecular weight excluding hydrogens is 191 g/mol. The van der Waals surface area contributed by atoms with Crippen molar-refractivity contribution >= 4 is 37.7 Å². The molecule has 0 aromatic rings. The van der Waals surface area contributed by atoms with Crippen LogP contribution in [0.3, 0.4) is 0 Å². The van der Waals surface area contributed by atoms with Crippen LogP contribution in [0.25, 0.3) is 0 Å². The second kappa shape index (κ2) is 22.0. The Labute approximate surface area is 73.7 Å². The molecule has 0 radical (unpaired) electrons. The van der Waals surface area contributed by atoms with E-state index in [1.165, 1.54) is 0 Å². The van der Waals surface area contributed by atoms with Crippen molar-refractivity contribution in [2.75, 3.05) is 0 Å². The van der Waals surface area contributed by atoms with Gasteiger partial charge in [0.1, 0.15) is 0 Å². The van der Waals surface area contributed by atoms with Gasteiger partial charge in [0.2, 0.25) is 0 Å². The third-order valence-electron chi connectivity index (χ3n) is 0. The van der Waals surface area contributed by atoms with Gasteiger partial charge in [-0.3, -0.25) is 6.58 Å². The van der Waals surface area contributed by atoms with E-state index in [0.717, 1.165) is 0 Å². The Morgan fingerprint density at radius 2 is 1.25 bits per heavy atom. The number of halogens is 1. The summed E-state index contributed by atoms with van der Waals surface area (Å²) >= 11 is 0. The van der Waals surface area contributed by atoms with E-state index in [9.17, 15) is 0 Å². The van der Waals surface area contributed by atoms with Crippen molar-refractivity contribution in [2.45, 2.75) is 0 Å². The largest absolute Gasteiger partial charge is 2.00 e. The molecule has 0 nitrogen and oxygen atoms in total. The van der Waals surface area contributed by atoms with Crippen LogP contribution in [0.15, 0.2) is 6.58 Å². The summed E-state index contributed by atoms with van der Waals surface area (Å²) in [4.78, 5) is 0. The molecule has 0 aromatic heterocycles. The van der Waals surface area contributed by atoms with Crippen molar-refractivity contribution < 1.29 is 24.0 Å². The van der Waals surface area contributed by atoms with Crippen LogP contribution in [0.5, 0.6) is 0 Å². The third-order valence-corrected chi connectivity index (χ3v) is 0. The van der Waals surface area contributed by atoms with E-state index in [1.807, 2.05) is 0 Å². The Hall–Kier alpha value is 1.73. The summed E-state index contributed by atoms with van der Waals surface area (Å²) in [5, 5.41) is 0. The van der Waals surface area contributed by atoms with Crippen molar-refractivity contribution in [3.63, 3.8) is 0 Å². The average Bonchev–Trinajstić information content (AvgIpc) is 1.00. The first-order valence-corrected chi connectivity index (χ1v) is 0.408. The van der Waals surface area contributed by atoms with Crippen LogP contribution in [-0.2, 0) is 0 Å². The molecule has 0 N–H and O–H groups in total. The van der Waals surface area contributed by atoms with Crippen LogP contribution in [0.1, 0.15) is 0 Å². The molecule has 0 unspecified atom stereocenters. The molecule has 0 fully saturated rings. The van der Waals surface area contributed by atoms with Gasteiger partial charge in [-0.25, -0.2) is 0 Å². The zero-order chi connectivity index (χ0) is 2.00. The van der Waals surface area contributed by atoms with Crippen LogP contribution in [0, 0.1) is 6.58 Å². The van der Waals surface area contributed by atoms with Gasteiger partial charge in [-0.2, -0.15) is 0 Å². The molecule has 2 heteroatoms. The molecule has 0 aliphatic carbocycles. The monoisotopic (exact) mass is 194 g/mol. The van der Waals surface area contributed by atoms with Crippen molar-refractivity contribution in [1.82, 2.24) is 0 Å². The molecule has 0 amide bonds. The smallest absolute Gasteiger partial charge is 1.00 e. The third kappa shape index (κ3) is 9.29. The number of rotatable bonds is 0. The first kappa shape index (κ1) is 17.2. The fourth-order valence-corrected chi connectivity index (χ4v) is 0. The predicted octanol–water partition coefficient (Wildman–Crippen LogP) is -2.77. The number of hydrogen-bond donors (Lipinski definition) is 0. The Morgan fingerprint density at radius 1 is 1.25 bits per heavy atom. The maximum absolute atomic E-state index is 4.25. The van der Waals surface area contributed by atoms with Crippen LogP contribution in [0.4, 0.5) is 0 Å². The molecule has 20 valence electrons. The van der Waals surface area contributed by atoms with Gasteiger partial charge < -0.3 is 30.6 Å². The van der Waals surface area contributed by atoms with Crippen molar-refractivity contribution in [2.24, 2.45) is 0 Å². The zero-order valence-electron chi connectivity index (χ0n) is 2.37. The van der Waals surface area contributed by atoms with E-state index in [2.05, 4.69) is 13.2 Å². The molecule has 4 heavy (non-hydrogen) atoms. The maximum Gasteiger partial charge on any atom is 2.00 e. The molecule has 0 saturated heterocycles. The number of hydrogen-bond acceptors (Lipinski definition) is 0.